The normalized spacial score (nSPS) is 10.8. The lowest BCUT2D eigenvalue weighted by Gasteiger charge is -2.06. The fourth-order valence-electron chi connectivity index (χ4n) is 2.00. The third-order valence-corrected chi connectivity index (χ3v) is 4.91. The van der Waals surface area contributed by atoms with E-state index in [1.165, 1.54) is 0 Å². The van der Waals surface area contributed by atoms with Crippen LogP contribution in [0.4, 0.5) is 0 Å². The van der Waals surface area contributed by atoms with E-state index in [1.807, 2.05) is 65.2 Å². The molecule has 0 aliphatic heterocycles. The Balaban J connectivity index is 2.04. The minimum Gasteiger partial charge on any atom is -0.309 e. The number of H-pyrrole nitrogens is 1. The van der Waals surface area contributed by atoms with E-state index in [2.05, 4.69) is 15.0 Å². The Morgan fingerprint density at radius 3 is 2.67 bits per heavy atom. The number of aromatic nitrogens is 3. The van der Waals surface area contributed by atoms with Gasteiger partial charge >= 0.3 is 0 Å². The summed E-state index contributed by atoms with van der Waals surface area (Å²) < 4.78 is 0.609. The van der Waals surface area contributed by atoms with Crippen molar-refractivity contribution >= 4 is 33.9 Å². The van der Waals surface area contributed by atoms with Crippen LogP contribution in [0.1, 0.15) is 16.5 Å². The average Bonchev–Trinajstić information content (AvgIpc) is 2.89. The second-order valence-electron chi connectivity index (χ2n) is 4.60. The smallest absolute Gasteiger partial charge is 0.264 e. The number of aromatic amines is 1. The maximum Gasteiger partial charge on any atom is 0.264 e. The zero-order valence-corrected chi connectivity index (χ0v) is 14.2. The van der Waals surface area contributed by atoms with Crippen molar-refractivity contribution in [1.82, 2.24) is 15.0 Å². The number of aryl methyl sites for hydroxylation is 1. The van der Waals surface area contributed by atoms with E-state index >= 15 is 0 Å². The molecule has 0 bridgehead atoms. The fourth-order valence-corrected chi connectivity index (χ4v) is 3.35. The van der Waals surface area contributed by atoms with Crippen molar-refractivity contribution in [2.24, 2.45) is 0 Å². The van der Waals surface area contributed by atoms with Crippen LogP contribution >= 0.6 is 33.9 Å². The maximum absolute atomic E-state index is 12.1. The predicted molar refractivity (Wildman–Crippen MR) is 92.7 cm³/mol. The van der Waals surface area contributed by atoms with Gasteiger partial charge < -0.3 is 4.98 Å². The van der Waals surface area contributed by atoms with Gasteiger partial charge in [-0.05, 0) is 29.5 Å². The maximum atomic E-state index is 12.1. The minimum absolute atomic E-state index is 0.104. The Morgan fingerprint density at radius 1 is 1.24 bits per heavy atom. The summed E-state index contributed by atoms with van der Waals surface area (Å²) in [6.07, 6.45) is 0.546. The van der Waals surface area contributed by atoms with Crippen molar-refractivity contribution in [1.29, 1.82) is 0 Å². The summed E-state index contributed by atoms with van der Waals surface area (Å²) in [5.74, 6) is 0.647. The number of hydrogen-bond donors (Lipinski definition) is 1. The van der Waals surface area contributed by atoms with E-state index in [1.54, 1.807) is 11.3 Å². The van der Waals surface area contributed by atoms with Crippen LogP contribution in [0, 0.1) is 10.5 Å². The molecular formula is C15H12IN3OS. The van der Waals surface area contributed by atoms with Gasteiger partial charge in [-0.3, -0.25) is 4.79 Å². The first kappa shape index (κ1) is 14.4. The van der Waals surface area contributed by atoms with Crippen LogP contribution < -0.4 is 5.56 Å². The summed E-state index contributed by atoms with van der Waals surface area (Å²) >= 11 is 3.62. The van der Waals surface area contributed by atoms with Crippen molar-refractivity contribution in [2.45, 2.75) is 13.3 Å². The number of thiazole rings is 1. The Kier molecular flexibility index (Phi) is 4.16. The standard InChI is InChI=1S/C15H12IN3OS/c1-9-8-21-12(17-9)7-11-18-14(13(16)15(20)19-11)10-5-3-2-4-6-10/h2-6,8H,7H2,1H3,(H,18,19,20). The summed E-state index contributed by atoms with van der Waals surface area (Å²) in [6.45, 7) is 1.96. The molecule has 0 aliphatic carbocycles. The molecule has 21 heavy (non-hydrogen) atoms. The minimum atomic E-state index is -0.104. The summed E-state index contributed by atoms with van der Waals surface area (Å²) in [5, 5.41) is 2.95. The molecule has 0 fully saturated rings. The van der Waals surface area contributed by atoms with Gasteiger partial charge in [-0.2, -0.15) is 0 Å². The first-order valence-electron chi connectivity index (χ1n) is 6.38. The number of benzene rings is 1. The molecule has 3 rings (SSSR count). The lowest BCUT2D eigenvalue weighted by Crippen LogP contribution is -2.16. The summed E-state index contributed by atoms with van der Waals surface area (Å²) in [5.41, 5.74) is 2.56. The second-order valence-corrected chi connectivity index (χ2v) is 6.62. The van der Waals surface area contributed by atoms with Gasteiger partial charge in [0, 0.05) is 16.6 Å². The van der Waals surface area contributed by atoms with Gasteiger partial charge in [-0.15, -0.1) is 11.3 Å². The Morgan fingerprint density at radius 2 is 2.00 bits per heavy atom. The highest BCUT2D eigenvalue weighted by molar-refractivity contribution is 14.1. The number of rotatable bonds is 3. The van der Waals surface area contributed by atoms with Crippen molar-refractivity contribution < 1.29 is 0 Å². The molecule has 0 amide bonds. The summed E-state index contributed by atoms with van der Waals surface area (Å²) in [6, 6.07) is 9.75. The molecule has 1 aromatic carbocycles. The lowest BCUT2D eigenvalue weighted by atomic mass is 10.1. The van der Waals surface area contributed by atoms with Crippen LogP contribution in [0.5, 0.6) is 0 Å². The van der Waals surface area contributed by atoms with Gasteiger partial charge in [-0.1, -0.05) is 30.3 Å². The molecule has 0 unspecified atom stereocenters. The molecule has 0 atom stereocenters. The molecule has 2 aromatic heterocycles. The van der Waals surface area contributed by atoms with Crippen LogP contribution in [-0.4, -0.2) is 15.0 Å². The molecule has 4 nitrogen and oxygen atoms in total. The summed E-state index contributed by atoms with van der Waals surface area (Å²) in [4.78, 5) is 24.0. The Labute approximate surface area is 139 Å². The van der Waals surface area contributed by atoms with Crippen molar-refractivity contribution in [3.63, 3.8) is 0 Å². The SMILES string of the molecule is Cc1csc(Cc2nc(-c3ccccc3)c(I)c(=O)[nH]2)n1. The van der Waals surface area contributed by atoms with Crippen molar-refractivity contribution in [2.75, 3.05) is 0 Å². The number of hydrogen-bond acceptors (Lipinski definition) is 4. The van der Waals surface area contributed by atoms with Crippen LogP contribution in [0.2, 0.25) is 0 Å². The van der Waals surface area contributed by atoms with Crippen LogP contribution in [-0.2, 0) is 6.42 Å². The molecular weight excluding hydrogens is 397 g/mol. The highest BCUT2D eigenvalue weighted by Crippen LogP contribution is 2.21. The van der Waals surface area contributed by atoms with Gasteiger partial charge in [0.15, 0.2) is 0 Å². The van der Waals surface area contributed by atoms with Crippen LogP contribution in [0.25, 0.3) is 11.3 Å². The van der Waals surface area contributed by atoms with E-state index in [-0.39, 0.29) is 5.56 Å². The largest absolute Gasteiger partial charge is 0.309 e. The molecule has 3 aromatic rings. The van der Waals surface area contributed by atoms with Crippen LogP contribution in [0.3, 0.4) is 0 Å². The van der Waals surface area contributed by atoms with Gasteiger partial charge in [0.25, 0.3) is 5.56 Å². The molecule has 2 heterocycles. The fraction of sp³-hybridized carbons (Fsp3) is 0.133. The molecule has 0 spiro atoms. The van der Waals surface area contributed by atoms with Crippen molar-refractivity contribution in [3.05, 3.63) is 66.2 Å². The number of nitrogens with zero attached hydrogens (tertiary/aromatic N) is 2. The first-order valence-corrected chi connectivity index (χ1v) is 8.34. The highest BCUT2D eigenvalue weighted by atomic mass is 127. The molecule has 0 saturated heterocycles. The third-order valence-electron chi connectivity index (χ3n) is 2.94. The molecule has 0 radical (unpaired) electrons. The van der Waals surface area contributed by atoms with Gasteiger partial charge in [-0.25, -0.2) is 9.97 Å². The van der Waals surface area contributed by atoms with E-state index in [0.717, 1.165) is 22.0 Å². The summed E-state index contributed by atoms with van der Waals surface area (Å²) in [7, 11) is 0. The number of halogens is 1. The van der Waals surface area contributed by atoms with Gasteiger partial charge in [0.05, 0.1) is 12.1 Å². The van der Waals surface area contributed by atoms with Crippen molar-refractivity contribution in [3.8, 4) is 11.3 Å². The quantitative estimate of drug-likeness (QED) is 0.675. The molecule has 0 saturated carbocycles. The highest BCUT2D eigenvalue weighted by Gasteiger charge is 2.12. The zero-order chi connectivity index (χ0) is 14.8. The lowest BCUT2D eigenvalue weighted by molar-refractivity contribution is 0.929. The average molecular weight is 409 g/mol. The third kappa shape index (κ3) is 3.21. The van der Waals surface area contributed by atoms with Gasteiger partial charge in [0.1, 0.15) is 14.4 Å². The van der Waals surface area contributed by atoms with E-state index in [9.17, 15) is 4.79 Å². The predicted octanol–water partition coefficient (Wildman–Crippen LogP) is 3.40. The van der Waals surface area contributed by atoms with E-state index < -0.39 is 0 Å². The molecule has 0 aliphatic rings. The number of nitrogens with one attached hydrogen (secondary N) is 1. The van der Waals surface area contributed by atoms with Crippen LogP contribution in [0.15, 0.2) is 40.5 Å². The topological polar surface area (TPSA) is 58.6 Å². The second kappa shape index (κ2) is 6.07. The molecule has 6 heteroatoms. The zero-order valence-electron chi connectivity index (χ0n) is 11.3. The molecule has 1 N–H and O–H groups in total. The molecule has 106 valence electrons. The monoisotopic (exact) mass is 409 g/mol. The Hall–Kier alpha value is -1.54. The van der Waals surface area contributed by atoms with Gasteiger partial charge in [0.2, 0.25) is 0 Å². The van der Waals surface area contributed by atoms with E-state index in [4.69, 9.17) is 0 Å². The Bertz CT molecular complexity index is 826. The first-order chi connectivity index (χ1) is 10.1. The van der Waals surface area contributed by atoms with E-state index in [0.29, 0.717) is 15.8 Å².